The van der Waals surface area contributed by atoms with E-state index in [1.54, 1.807) is 30.3 Å². The molecular formula is C21H22N2O3S. The van der Waals surface area contributed by atoms with E-state index in [1.165, 1.54) is 6.08 Å². The lowest BCUT2D eigenvalue weighted by Crippen LogP contribution is -2.32. The van der Waals surface area contributed by atoms with Crippen molar-refractivity contribution in [1.82, 2.24) is 5.32 Å². The number of ether oxygens (including phenoxy) is 1. The number of rotatable bonds is 7. The van der Waals surface area contributed by atoms with Crippen LogP contribution in [0, 0.1) is 0 Å². The molecule has 2 aromatic rings. The van der Waals surface area contributed by atoms with Gasteiger partial charge in [0, 0.05) is 11.8 Å². The maximum atomic E-state index is 11.9. The molecule has 2 N–H and O–H groups in total. The van der Waals surface area contributed by atoms with E-state index in [1.807, 2.05) is 37.3 Å². The summed E-state index contributed by atoms with van der Waals surface area (Å²) in [5.74, 6) is -0.676. The highest BCUT2D eigenvalue weighted by atomic mass is 32.1. The summed E-state index contributed by atoms with van der Waals surface area (Å²) in [6.07, 6.45) is 4.94. The zero-order chi connectivity index (χ0) is 19.5. The van der Waals surface area contributed by atoms with E-state index in [9.17, 15) is 9.59 Å². The fourth-order valence-electron chi connectivity index (χ4n) is 2.13. The smallest absolute Gasteiger partial charge is 0.338 e. The maximum absolute atomic E-state index is 11.9. The van der Waals surface area contributed by atoms with Gasteiger partial charge in [-0.1, -0.05) is 43.7 Å². The number of carbonyl (C=O) groups is 2. The van der Waals surface area contributed by atoms with Crippen LogP contribution in [0.4, 0.5) is 5.69 Å². The molecule has 0 fully saturated rings. The Morgan fingerprint density at radius 3 is 2.44 bits per heavy atom. The Labute approximate surface area is 164 Å². The molecule has 0 saturated heterocycles. The molecule has 140 valence electrons. The fourth-order valence-corrected chi connectivity index (χ4v) is 2.35. The predicted molar refractivity (Wildman–Crippen MR) is 111 cm³/mol. The molecule has 0 aliphatic heterocycles. The van der Waals surface area contributed by atoms with Gasteiger partial charge in [-0.05, 0) is 54.5 Å². The van der Waals surface area contributed by atoms with Gasteiger partial charge in [-0.3, -0.25) is 10.1 Å². The lowest BCUT2D eigenvalue weighted by molar-refractivity contribution is -0.115. The molecule has 1 amide bonds. The molecule has 27 heavy (non-hydrogen) atoms. The summed E-state index contributed by atoms with van der Waals surface area (Å²) in [6, 6.07) is 16.2. The number of nitrogens with one attached hydrogen (secondary N) is 2. The van der Waals surface area contributed by atoms with Crippen LogP contribution in [0.5, 0.6) is 0 Å². The minimum atomic E-state index is -0.350. The number of esters is 1. The third kappa shape index (κ3) is 7.42. The Kier molecular flexibility index (Phi) is 8.19. The summed E-state index contributed by atoms with van der Waals surface area (Å²) >= 11 is 5.13. The summed E-state index contributed by atoms with van der Waals surface area (Å²) in [6.45, 7) is 2.45. The number of unbranched alkanes of at least 4 members (excludes halogenated alkanes) is 1. The largest absolute Gasteiger partial charge is 0.462 e. The van der Waals surface area contributed by atoms with Crippen molar-refractivity contribution in [3.8, 4) is 0 Å². The molecule has 0 bridgehead atoms. The number of hydrogen-bond acceptors (Lipinski definition) is 4. The number of hydrogen-bond donors (Lipinski definition) is 2. The Bertz CT molecular complexity index is 802. The monoisotopic (exact) mass is 382 g/mol. The van der Waals surface area contributed by atoms with E-state index in [0.717, 1.165) is 18.4 Å². The lowest BCUT2D eigenvalue weighted by Gasteiger charge is -2.09. The molecule has 6 heteroatoms. The first kappa shape index (κ1) is 20.3. The predicted octanol–water partition coefficient (Wildman–Crippen LogP) is 4.17. The fraction of sp³-hybridized carbons (Fsp3) is 0.190. The van der Waals surface area contributed by atoms with Crippen molar-refractivity contribution in [3.05, 3.63) is 71.8 Å². The Balaban J connectivity index is 1.82. The van der Waals surface area contributed by atoms with Gasteiger partial charge in [-0.15, -0.1) is 0 Å². The van der Waals surface area contributed by atoms with Gasteiger partial charge >= 0.3 is 5.97 Å². The van der Waals surface area contributed by atoms with Gasteiger partial charge < -0.3 is 10.1 Å². The average molecular weight is 382 g/mol. The van der Waals surface area contributed by atoms with Crippen molar-refractivity contribution in [2.75, 3.05) is 11.9 Å². The molecule has 0 heterocycles. The standard InChI is InChI=1S/C21H22N2O3S/c1-2-3-15-26-20(25)17-10-12-18(13-11-17)22-21(27)23-19(24)14-9-16-7-5-4-6-8-16/h4-14H,2-3,15H2,1H3,(H2,22,23,24,27)/b14-9+. The molecule has 0 radical (unpaired) electrons. The number of anilines is 1. The zero-order valence-corrected chi connectivity index (χ0v) is 15.9. The summed E-state index contributed by atoms with van der Waals surface area (Å²) in [5, 5.41) is 5.65. The molecule has 2 aromatic carbocycles. The second-order valence-corrected chi connectivity index (χ2v) is 6.16. The van der Waals surface area contributed by atoms with Gasteiger partial charge in [0.15, 0.2) is 5.11 Å². The molecule has 0 aromatic heterocycles. The summed E-state index contributed by atoms with van der Waals surface area (Å²) in [4.78, 5) is 23.8. The van der Waals surface area contributed by atoms with Crippen LogP contribution in [0.2, 0.25) is 0 Å². The van der Waals surface area contributed by atoms with Crippen LogP contribution in [0.3, 0.4) is 0 Å². The van der Waals surface area contributed by atoms with Crippen LogP contribution in [0.15, 0.2) is 60.7 Å². The lowest BCUT2D eigenvalue weighted by atomic mass is 10.2. The van der Waals surface area contributed by atoms with Crippen LogP contribution in [-0.2, 0) is 9.53 Å². The van der Waals surface area contributed by atoms with Gasteiger partial charge in [0.25, 0.3) is 0 Å². The molecule has 5 nitrogen and oxygen atoms in total. The Hall–Kier alpha value is -2.99. The first-order valence-electron chi connectivity index (χ1n) is 8.71. The van der Waals surface area contributed by atoms with Gasteiger partial charge in [0.1, 0.15) is 0 Å². The van der Waals surface area contributed by atoms with Crippen molar-refractivity contribution in [2.24, 2.45) is 0 Å². The van der Waals surface area contributed by atoms with E-state index in [-0.39, 0.29) is 17.0 Å². The average Bonchev–Trinajstić information content (AvgIpc) is 2.68. The highest BCUT2D eigenvalue weighted by Gasteiger charge is 2.07. The molecule has 0 unspecified atom stereocenters. The van der Waals surface area contributed by atoms with Crippen LogP contribution in [0.1, 0.15) is 35.7 Å². The quantitative estimate of drug-likeness (QED) is 0.326. The van der Waals surface area contributed by atoms with Crippen molar-refractivity contribution in [1.29, 1.82) is 0 Å². The minimum absolute atomic E-state index is 0.177. The molecule has 0 aliphatic rings. The van der Waals surface area contributed by atoms with Crippen molar-refractivity contribution in [2.45, 2.75) is 19.8 Å². The summed E-state index contributed by atoms with van der Waals surface area (Å²) in [5.41, 5.74) is 2.06. The van der Waals surface area contributed by atoms with E-state index in [4.69, 9.17) is 17.0 Å². The van der Waals surface area contributed by atoms with E-state index >= 15 is 0 Å². The third-order valence-electron chi connectivity index (χ3n) is 3.57. The van der Waals surface area contributed by atoms with Crippen LogP contribution >= 0.6 is 12.2 Å². The molecule has 0 aliphatic carbocycles. The number of benzene rings is 2. The number of thiocarbonyl (C=S) groups is 1. The highest BCUT2D eigenvalue weighted by molar-refractivity contribution is 7.80. The maximum Gasteiger partial charge on any atom is 0.338 e. The number of carbonyl (C=O) groups excluding carboxylic acids is 2. The van der Waals surface area contributed by atoms with E-state index in [0.29, 0.717) is 17.9 Å². The highest BCUT2D eigenvalue weighted by Crippen LogP contribution is 2.11. The van der Waals surface area contributed by atoms with Crippen molar-refractivity contribution in [3.63, 3.8) is 0 Å². The normalized spacial score (nSPS) is 10.4. The molecule has 0 spiro atoms. The molecular weight excluding hydrogens is 360 g/mol. The van der Waals surface area contributed by atoms with E-state index in [2.05, 4.69) is 10.6 Å². The Morgan fingerprint density at radius 1 is 1.07 bits per heavy atom. The van der Waals surface area contributed by atoms with Crippen LogP contribution in [0.25, 0.3) is 6.08 Å². The molecule has 0 saturated carbocycles. The van der Waals surface area contributed by atoms with Crippen LogP contribution in [-0.4, -0.2) is 23.6 Å². The van der Waals surface area contributed by atoms with Gasteiger partial charge in [-0.25, -0.2) is 4.79 Å². The van der Waals surface area contributed by atoms with Crippen molar-refractivity contribution >= 4 is 41.0 Å². The SMILES string of the molecule is CCCCOC(=O)c1ccc(NC(=S)NC(=O)/C=C/c2ccccc2)cc1. The van der Waals surface area contributed by atoms with Crippen LogP contribution < -0.4 is 10.6 Å². The minimum Gasteiger partial charge on any atom is -0.462 e. The Morgan fingerprint density at radius 2 is 1.78 bits per heavy atom. The van der Waals surface area contributed by atoms with E-state index < -0.39 is 0 Å². The topological polar surface area (TPSA) is 67.4 Å². The third-order valence-corrected chi connectivity index (χ3v) is 3.78. The number of amides is 1. The van der Waals surface area contributed by atoms with Gasteiger partial charge in [0.05, 0.1) is 12.2 Å². The van der Waals surface area contributed by atoms with Crippen molar-refractivity contribution < 1.29 is 14.3 Å². The first-order valence-corrected chi connectivity index (χ1v) is 9.11. The molecule has 0 atom stereocenters. The second kappa shape index (κ2) is 10.9. The molecule has 2 rings (SSSR count). The van der Waals surface area contributed by atoms with Gasteiger partial charge in [-0.2, -0.15) is 0 Å². The summed E-state index contributed by atoms with van der Waals surface area (Å²) in [7, 11) is 0. The zero-order valence-electron chi connectivity index (χ0n) is 15.1. The first-order chi connectivity index (χ1) is 13.1. The second-order valence-electron chi connectivity index (χ2n) is 5.75. The summed E-state index contributed by atoms with van der Waals surface area (Å²) < 4.78 is 5.16. The van der Waals surface area contributed by atoms with Gasteiger partial charge in [0.2, 0.25) is 5.91 Å².